The normalized spacial score (nSPS) is 25.6. The molecule has 0 aliphatic carbocycles. The second-order valence-electron chi connectivity index (χ2n) is 4.93. The smallest absolute Gasteiger partial charge is 0.134 e. The molecular formula is C12H19N5. The van der Waals surface area contributed by atoms with Gasteiger partial charge in [0.15, 0.2) is 0 Å². The highest BCUT2D eigenvalue weighted by Crippen LogP contribution is 2.24. The van der Waals surface area contributed by atoms with Crippen molar-refractivity contribution in [1.82, 2.24) is 14.9 Å². The first kappa shape index (κ1) is 10.8. The third-order valence-corrected chi connectivity index (χ3v) is 3.80. The molecule has 3 rings (SSSR count). The number of rotatable bonds is 1. The summed E-state index contributed by atoms with van der Waals surface area (Å²) in [7, 11) is 0. The van der Waals surface area contributed by atoms with Crippen LogP contribution in [0.5, 0.6) is 0 Å². The van der Waals surface area contributed by atoms with Gasteiger partial charge in [0.05, 0.1) is 0 Å². The zero-order valence-corrected chi connectivity index (χ0v) is 10.0. The van der Waals surface area contributed by atoms with E-state index in [1.165, 1.54) is 32.4 Å². The highest BCUT2D eigenvalue weighted by atomic mass is 15.3. The molecule has 0 amide bonds. The molecule has 1 aromatic rings. The van der Waals surface area contributed by atoms with Crippen LogP contribution in [0.3, 0.4) is 0 Å². The van der Waals surface area contributed by atoms with Crippen molar-refractivity contribution in [2.24, 2.45) is 0 Å². The molecule has 1 aromatic heterocycles. The molecule has 0 saturated carbocycles. The summed E-state index contributed by atoms with van der Waals surface area (Å²) in [6.07, 6.45) is 5.42. The van der Waals surface area contributed by atoms with Gasteiger partial charge in [0.2, 0.25) is 0 Å². The lowest BCUT2D eigenvalue weighted by atomic mass is 10.2. The Bertz CT molecular complexity index is 394. The summed E-state index contributed by atoms with van der Waals surface area (Å²) in [6.45, 7) is 4.64. The van der Waals surface area contributed by atoms with Crippen molar-refractivity contribution in [2.75, 3.05) is 36.8 Å². The topological polar surface area (TPSA) is 58.3 Å². The lowest BCUT2D eigenvalue weighted by Crippen LogP contribution is -2.37. The van der Waals surface area contributed by atoms with Gasteiger partial charge >= 0.3 is 0 Å². The van der Waals surface area contributed by atoms with Crippen molar-refractivity contribution in [3.05, 3.63) is 12.4 Å². The minimum atomic E-state index is 0.558. The van der Waals surface area contributed by atoms with E-state index in [9.17, 15) is 0 Å². The van der Waals surface area contributed by atoms with Crippen molar-refractivity contribution in [2.45, 2.75) is 25.3 Å². The average Bonchev–Trinajstić information content (AvgIpc) is 2.66. The third-order valence-electron chi connectivity index (χ3n) is 3.80. The Labute approximate surface area is 102 Å². The first-order valence-corrected chi connectivity index (χ1v) is 6.39. The van der Waals surface area contributed by atoms with Crippen LogP contribution >= 0.6 is 0 Å². The number of nitrogens with zero attached hydrogens (tertiary/aromatic N) is 4. The molecule has 3 heterocycles. The molecule has 2 aliphatic rings. The van der Waals surface area contributed by atoms with Crippen molar-refractivity contribution < 1.29 is 0 Å². The summed E-state index contributed by atoms with van der Waals surface area (Å²) in [5.41, 5.74) is 5.72. The lowest BCUT2D eigenvalue weighted by Gasteiger charge is -2.26. The van der Waals surface area contributed by atoms with Gasteiger partial charge in [0, 0.05) is 31.7 Å². The molecule has 0 radical (unpaired) electrons. The summed E-state index contributed by atoms with van der Waals surface area (Å²) in [5, 5.41) is 0. The van der Waals surface area contributed by atoms with Gasteiger partial charge in [-0.15, -0.1) is 0 Å². The van der Waals surface area contributed by atoms with Crippen molar-refractivity contribution in [3.63, 3.8) is 0 Å². The molecule has 2 saturated heterocycles. The van der Waals surface area contributed by atoms with E-state index in [0.29, 0.717) is 11.9 Å². The first-order valence-electron chi connectivity index (χ1n) is 6.39. The lowest BCUT2D eigenvalue weighted by molar-refractivity contribution is 0.273. The standard InChI is InChI=1S/C12H19N5/c13-11-7-12(15-9-14-11)17-6-2-5-16-4-1-3-10(16)8-17/h7,9-10H,1-6,8H2,(H2,13,14,15). The van der Waals surface area contributed by atoms with Crippen LogP contribution in [0.25, 0.3) is 0 Å². The monoisotopic (exact) mass is 233 g/mol. The van der Waals surface area contributed by atoms with E-state index < -0.39 is 0 Å². The number of hydrogen-bond acceptors (Lipinski definition) is 5. The summed E-state index contributed by atoms with van der Waals surface area (Å²) >= 11 is 0. The molecule has 0 aromatic carbocycles. The highest BCUT2D eigenvalue weighted by Gasteiger charge is 2.29. The van der Waals surface area contributed by atoms with Crippen LogP contribution in [0.4, 0.5) is 11.6 Å². The molecular weight excluding hydrogens is 214 g/mol. The molecule has 1 atom stereocenters. The highest BCUT2D eigenvalue weighted by molar-refractivity contribution is 5.46. The van der Waals surface area contributed by atoms with Crippen molar-refractivity contribution in [3.8, 4) is 0 Å². The van der Waals surface area contributed by atoms with Crippen LogP contribution in [-0.4, -0.2) is 47.1 Å². The maximum atomic E-state index is 5.72. The van der Waals surface area contributed by atoms with Gasteiger partial charge in [0.1, 0.15) is 18.0 Å². The Morgan fingerprint density at radius 3 is 2.94 bits per heavy atom. The summed E-state index contributed by atoms with van der Waals surface area (Å²) < 4.78 is 0. The van der Waals surface area contributed by atoms with Gasteiger partial charge in [-0.25, -0.2) is 9.97 Å². The number of hydrogen-bond donors (Lipinski definition) is 1. The zero-order chi connectivity index (χ0) is 11.7. The minimum absolute atomic E-state index is 0.558. The van der Waals surface area contributed by atoms with Crippen LogP contribution in [0, 0.1) is 0 Å². The second kappa shape index (κ2) is 4.49. The van der Waals surface area contributed by atoms with Crippen LogP contribution in [-0.2, 0) is 0 Å². The quantitative estimate of drug-likeness (QED) is 0.775. The Kier molecular flexibility index (Phi) is 2.84. The predicted octanol–water partition coefficient (Wildman–Crippen LogP) is 0.733. The number of nitrogens with two attached hydrogens (primary N) is 1. The molecule has 5 heteroatoms. The fourth-order valence-electron chi connectivity index (χ4n) is 2.95. The van der Waals surface area contributed by atoms with Crippen molar-refractivity contribution >= 4 is 11.6 Å². The van der Waals surface area contributed by atoms with E-state index in [4.69, 9.17) is 5.73 Å². The summed E-state index contributed by atoms with van der Waals surface area (Å²) in [4.78, 5) is 13.3. The van der Waals surface area contributed by atoms with Gasteiger partial charge in [-0.2, -0.15) is 0 Å². The van der Waals surface area contributed by atoms with Gasteiger partial charge < -0.3 is 10.6 Å². The predicted molar refractivity (Wildman–Crippen MR) is 67.9 cm³/mol. The summed E-state index contributed by atoms with van der Waals surface area (Å²) in [6, 6.07) is 2.58. The van der Waals surface area contributed by atoms with E-state index in [0.717, 1.165) is 18.9 Å². The molecule has 2 fully saturated rings. The molecule has 0 bridgehead atoms. The number of anilines is 2. The third kappa shape index (κ3) is 2.20. The summed E-state index contributed by atoms with van der Waals surface area (Å²) in [5.74, 6) is 1.54. The molecule has 2 aliphatic heterocycles. The maximum Gasteiger partial charge on any atom is 0.134 e. The Hall–Kier alpha value is -1.36. The van der Waals surface area contributed by atoms with Gasteiger partial charge in [0.25, 0.3) is 0 Å². The van der Waals surface area contributed by atoms with E-state index in [2.05, 4.69) is 19.8 Å². The molecule has 92 valence electrons. The van der Waals surface area contributed by atoms with Crippen LogP contribution < -0.4 is 10.6 Å². The van der Waals surface area contributed by atoms with Gasteiger partial charge in [-0.1, -0.05) is 0 Å². The minimum Gasteiger partial charge on any atom is -0.384 e. The molecule has 5 nitrogen and oxygen atoms in total. The Morgan fingerprint density at radius 2 is 2.06 bits per heavy atom. The number of nitrogen functional groups attached to an aromatic ring is 1. The van der Waals surface area contributed by atoms with Crippen LogP contribution in [0.2, 0.25) is 0 Å². The van der Waals surface area contributed by atoms with Gasteiger partial charge in [-0.3, -0.25) is 4.90 Å². The fourth-order valence-corrected chi connectivity index (χ4v) is 2.95. The maximum absolute atomic E-state index is 5.72. The zero-order valence-electron chi connectivity index (χ0n) is 10.0. The molecule has 2 N–H and O–H groups in total. The first-order chi connectivity index (χ1) is 8.33. The average molecular weight is 233 g/mol. The second-order valence-corrected chi connectivity index (χ2v) is 4.93. The largest absolute Gasteiger partial charge is 0.384 e. The Balaban J connectivity index is 1.78. The Morgan fingerprint density at radius 1 is 1.18 bits per heavy atom. The number of aromatic nitrogens is 2. The molecule has 17 heavy (non-hydrogen) atoms. The van der Waals surface area contributed by atoms with E-state index in [1.54, 1.807) is 6.33 Å². The van der Waals surface area contributed by atoms with Crippen molar-refractivity contribution in [1.29, 1.82) is 0 Å². The van der Waals surface area contributed by atoms with Crippen LogP contribution in [0.1, 0.15) is 19.3 Å². The van der Waals surface area contributed by atoms with E-state index >= 15 is 0 Å². The molecule has 0 spiro atoms. The van der Waals surface area contributed by atoms with E-state index in [-0.39, 0.29) is 0 Å². The van der Waals surface area contributed by atoms with Gasteiger partial charge in [-0.05, 0) is 25.8 Å². The number of fused-ring (bicyclic) bond motifs is 1. The molecule has 1 unspecified atom stereocenters. The van der Waals surface area contributed by atoms with E-state index in [1.807, 2.05) is 6.07 Å². The van der Waals surface area contributed by atoms with Crippen LogP contribution in [0.15, 0.2) is 12.4 Å². The SMILES string of the molecule is Nc1cc(N2CCCN3CCCC3C2)ncn1. The fraction of sp³-hybridized carbons (Fsp3) is 0.667.